The maximum atomic E-state index is 12.5. The van der Waals surface area contributed by atoms with Crippen LogP contribution >= 0.6 is 23.5 Å². The zero-order valence-electron chi connectivity index (χ0n) is 15.9. The summed E-state index contributed by atoms with van der Waals surface area (Å²) < 4.78 is 0. The molecule has 0 spiro atoms. The number of aromatic nitrogens is 2. The molecule has 0 bridgehead atoms. The lowest BCUT2D eigenvalue weighted by atomic mass is 9.96. The third kappa shape index (κ3) is 3.91. The molecule has 0 aliphatic carbocycles. The van der Waals surface area contributed by atoms with Crippen molar-refractivity contribution in [2.24, 2.45) is 0 Å². The number of carbonyl (C=O) groups is 1. The Balaban J connectivity index is 1.74. The van der Waals surface area contributed by atoms with E-state index >= 15 is 0 Å². The van der Waals surface area contributed by atoms with Crippen molar-refractivity contribution in [3.05, 3.63) is 40.7 Å². The van der Waals surface area contributed by atoms with Crippen molar-refractivity contribution in [3.63, 3.8) is 0 Å². The van der Waals surface area contributed by atoms with E-state index in [1.165, 1.54) is 22.9 Å². The molecule has 6 heteroatoms. The molecule has 1 N–H and O–H groups in total. The van der Waals surface area contributed by atoms with Gasteiger partial charge in [-0.05, 0) is 44.4 Å². The summed E-state index contributed by atoms with van der Waals surface area (Å²) in [6.07, 6.45) is 1.07. The van der Waals surface area contributed by atoms with Crippen molar-refractivity contribution < 1.29 is 4.79 Å². The van der Waals surface area contributed by atoms with Crippen LogP contribution in [-0.2, 0) is 4.79 Å². The van der Waals surface area contributed by atoms with Gasteiger partial charge in [-0.25, -0.2) is 9.97 Å². The van der Waals surface area contributed by atoms with Gasteiger partial charge in [0.05, 0.1) is 5.75 Å². The average molecular weight is 388 g/mol. The maximum Gasteiger partial charge on any atom is 0.234 e. The highest BCUT2D eigenvalue weighted by atomic mass is 32.2. The summed E-state index contributed by atoms with van der Waals surface area (Å²) in [5.74, 6) is 1.59. The topological polar surface area (TPSA) is 54.9 Å². The van der Waals surface area contributed by atoms with Crippen molar-refractivity contribution in [2.45, 2.75) is 62.3 Å². The number of nitrogens with zero attached hydrogens (tertiary/aromatic N) is 2. The summed E-state index contributed by atoms with van der Waals surface area (Å²) in [6, 6.07) is 5.97. The van der Waals surface area contributed by atoms with E-state index < -0.39 is 0 Å². The molecule has 0 radical (unpaired) electrons. The van der Waals surface area contributed by atoms with Gasteiger partial charge in [0.2, 0.25) is 5.91 Å². The first-order valence-electron chi connectivity index (χ1n) is 8.94. The first-order chi connectivity index (χ1) is 12.4. The second-order valence-electron chi connectivity index (χ2n) is 6.72. The Morgan fingerprint density at radius 1 is 1.27 bits per heavy atom. The van der Waals surface area contributed by atoms with Crippen molar-refractivity contribution in [2.75, 3.05) is 11.1 Å². The third-order valence-electron chi connectivity index (χ3n) is 4.88. The fourth-order valence-electron chi connectivity index (χ4n) is 3.28. The highest BCUT2D eigenvalue weighted by Gasteiger charge is 2.33. The molecule has 138 valence electrons. The molecular formula is C20H25N3OS2. The van der Waals surface area contributed by atoms with Crippen LogP contribution in [0.1, 0.15) is 48.7 Å². The van der Waals surface area contributed by atoms with Gasteiger partial charge in [-0.15, -0.1) is 11.8 Å². The Kier molecular flexibility index (Phi) is 5.92. The second kappa shape index (κ2) is 8.01. The normalized spacial score (nSPS) is 18.7. The molecule has 4 nitrogen and oxygen atoms in total. The number of fused-ring (bicyclic) bond motifs is 1. The second-order valence-corrected chi connectivity index (χ2v) is 9.05. The van der Waals surface area contributed by atoms with E-state index in [0.717, 1.165) is 33.5 Å². The number of amides is 1. The number of hydrogen-bond acceptors (Lipinski definition) is 5. The molecule has 1 aromatic heterocycles. The highest BCUT2D eigenvalue weighted by molar-refractivity contribution is 8.01. The zero-order chi connectivity index (χ0) is 18.8. The molecule has 0 saturated heterocycles. The Bertz CT molecular complexity index is 838. The summed E-state index contributed by atoms with van der Waals surface area (Å²) >= 11 is 3.35. The monoisotopic (exact) mass is 387 g/mol. The summed E-state index contributed by atoms with van der Waals surface area (Å²) in [7, 11) is 0. The van der Waals surface area contributed by atoms with E-state index in [9.17, 15) is 4.79 Å². The standard InChI is InChI=1S/C20H25N3OS2/c1-6-15-13(4)26-20-18(15)19(21-14(5)22-20)25-10-17(24)23-16-9-7-8-11(2)12(16)3/h7-9,13,15H,6,10H2,1-5H3,(H,23,24)/t13-,15-/m0/s1. The van der Waals surface area contributed by atoms with Crippen LogP contribution in [0.4, 0.5) is 5.69 Å². The van der Waals surface area contributed by atoms with Gasteiger partial charge in [0.25, 0.3) is 0 Å². The van der Waals surface area contributed by atoms with E-state index in [-0.39, 0.29) is 5.91 Å². The van der Waals surface area contributed by atoms with Crippen LogP contribution in [0.3, 0.4) is 0 Å². The number of nitrogens with one attached hydrogen (secondary N) is 1. The van der Waals surface area contributed by atoms with E-state index in [4.69, 9.17) is 0 Å². The zero-order valence-corrected chi connectivity index (χ0v) is 17.6. The van der Waals surface area contributed by atoms with Gasteiger partial charge < -0.3 is 5.32 Å². The van der Waals surface area contributed by atoms with Crippen LogP contribution in [0.25, 0.3) is 0 Å². The predicted molar refractivity (Wildman–Crippen MR) is 110 cm³/mol. The van der Waals surface area contributed by atoms with Gasteiger partial charge in [-0.3, -0.25) is 4.79 Å². The Labute approximate surface area is 164 Å². The fourth-order valence-corrected chi connectivity index (χ4v) is 5.69. The number of aryl methyl sites for hydroxylation is 2. The van der Waals surface area contributed by atoms with Crippen molar-refractivity contribution >= 4 is 35.1 Å². The maximum absolute atomic E-state index is 12.5. The average Bonchev–Trinajstić information content (AvgIpc) is 2.91. The molecule has 1 aromatic carbocycles. The molecule has 0 unspecified atom stereocenters. The van der Waals surface area contributed by atoms with E-state index in [0.29, 0.717) is 16.9 Å². The molecule has 26 heavy (non-hydrogen) atoms. The van der Waals surface area contributed by atoms with Crippen molar-refractivity contribution in [3.8, 4) is 0 Å². The first-order valence-corrected chi connectivity index (χ1v) is 10.8. The van der Waals surface area contributed by atoms with Crippen LogP contribution in [0.5, 0.6) is 0 Å². The number of thioether (sulfide) groups is 2. The SMILES string of the molecule is CC[C@@H]1c2c(SCC(=O)Nc3cccc(C)c3C)nc(C)nc2S[C@H]1C. The fraction of sp³-hybridized carbons (Fsp3) is 0.450. The Hall–Kier alpha value is -1.53. The highest BCUT2D eigenvalue weighted by Crippen LogP contribution is 2.48. The molecule has 2 atom stereocenters. The van der Waals surface area contributed by atoms with Gasteiger partial charge in [0, 0.05) is 22.4 Å². The molecule has 0 fully saturated rings. The molecule has 2 aromatic rings. The Morgan fingerprint density at radius 2 is 2.04 bits per heavy atom. The molecule has 1 amide bonds. The summed E-state index contributed by atoms with van der Waals surface area (Å²) in [6.45, 7) is 10.5. The number of anilines is 1. The van der Waals surface area contributed by atoms with Crippen LogP contribution in [0.2, 0.25) is 0 Å². The number of rotatable bonds is 5. The smallest absolute Gasteiger partial charge is 0.234 e. The van der Waals surface area contributed by atoms with Crippen molar-refractivity contribution in [1.29, 1.82) is 0 Å². The minimum absolute atomic E-state index is 0.000428. The minimum Gasteiger partial charge on any atom is -0.325 e. The molecular weight excluding hydrogens is 362 g/mol. The lowest BCUT2D eigenvalue weighted by Gasteiger charge is -2.15. The molecule has 3 rings (SSSR count). The van der Waals surface area contributed by atoms with Gasteiger partial charge in [-0.2, -0.15) is 0 Å². The van der Waals surface area contributed by atoms with E-state index in [1.54, 1.807) is 0 Å². The quantitative estimate of drug-likeness (QED) is 0.570. The molecule has 1 aliphatic heterocycles. The molecule has 2 heterocycles. The van der Waals surface area contributed by atoms with Crippen LogP contribution < -0.4 is 5.32 Å². The molecule has 1 aliphatic rings. The van der Waals surface area contributed by atoms with Crippen LogP contribution in [-0.4, -0.2) is 26.9 Å². The van der Waals surface area contributed by atoms with Gasteiger partial charge in [-0.1, -0.05) is 37.7 Å². The summed E-state index contributed by atoms with van der Waals surface area (Å²) in [5, 5.41) is 5.59. The summed E-state index contributed by atoms with van der Waals surface area (Å²) in [5.41, 5.74) is 4.41. The first kappa shape index (κ1) is 19.2. The van der Waals surface area contributed by atoms with E-state index in [1.807, 2.05) is 37.7 Å². The number of carbonyl (C=O) groups excluding carboxylic acids is 1. The lowest BCUT2D eigenvalue weighted by Crippen LogP contribution is -2.16. The number of hydrogen-bond donors (Lipinski definition) is 1. The van der Waals surface area contributed by atoms with Gasteiger partial charge in [0.1, 0.15) is 15.9 Å². The minimum atomic E-state index is 0.000428. The lowest BCUT2D eigenvalue weighted by molar-refractivity contribution is -0.113. The predicted octanol–water partition coefficient (Wildman–Crippen LogP) is 5.12. The summed E-state index contributed by atoms with van der Waals surface area (Å²) in [4.78, 5) is 21.7. The molecule has 0 saturated carbocycles. The van der Waals surface area contributed by atoms with Crippen molar-refractivity contribution in [1.82, 2.24) is 9.97 Å². The third-order valence-corrected chi connectivity index (χ3v) is 7.11. The van der Waals surface area contributed by atoms with Gasteiger partial charge >= 0.3 is 0 Å². The number of benzene rings is 1. The largest absolute Gasteiger partial charge is 0.325 e. The van der Waals surface area contributed by atoms with Crippen LogP contribution in [0, 0.1) is 20.8 Å². The van der Waals surface area contributed by atoms with Gasteiger partial charge in [0.15, 0.2) is 0 Å². The Morgan fingerprint density at radius 3 is 2.77 bits per heavy atom. The van der Waals surface area contributed by atoms with Crippen LogP contribution in [0.15, 0.2) is 28.3 Å². The van der Waals surface area contributed by atoms with E-state index in [2.05, 4.69) is 42.1 Å².